The number of pyridine rings is 1. The Hall–Kier alpha value is -1.81. The summed E-state index contributed by atoms with van der Waals surface area (Å²) in [5, 5.41) is 3.31. The Balaban J connectivity index is 2.05. The lowest BCUT2D eigenvalue weighted by atomic mass is 10.2. The molecule has 0 saturated heterocycles. The third-order valence-corrected chi connectivity index (χ3v) is 2.80. The van der Waals surface area contributed by atoms with E-state index in [0.717, 1.165) is 31.0 Å². The van der Waals surface area contributed by atoms with E-state index < -0.39 is 0 Å². The van der Waals surface area contributed by atoms with Crippen LogP contribution < -0.4 is 10.1 Å². The second kappa shape index (κ2) is 6.95. The van der Waals surface area contributed by atoms with Crippen molar-refractivity contribution >= 4 is 0 Å². The summed E-state index contributed by atoms with van der Waals surface area (Å²) in [4.78, 5) is 4.47. The van der Waals surface area contributed by atoms with E-state index in [9.17, 15) is 0 Å². The molecule has 0 aliphatic carbocycles. The number of aromatic nitrogens is 1. The Morgan fingerprint density at radius 1 is 1.32 bits per heavy atom. The SMILES string of the molecule is CCNCc1cc(CC)nc(OCc2ccco2)c1. The lowest BCUT2D eigenvalue weighted by Crippen LogP contribution is -2.12. The fraction of sp³-hybridized carbons (Fsp3) is 0.400. The van der Waals surface area contributed by atoms with Gasteiger partial charge < -0.3 is 14.5 Å². The van der Waals surface area contributed by atoms with Gasteiger partial charge in [-0.15, -0.1) is 0 Å². The van der Waals surface area contributed by atoms with E-state index in [1.165, 1.54) is 5.56 Å². The van der Waals surface area contributed by atoms with E-state index in [1.54, 1.807) is 6.26 Å². The van der Waals surface area contributed by atoms with E-state index in [1.807, 2.05) is 18.2 Å². The second-order valence-corrected chi connectivity index (χ2v) is 4.31. The number of rotatable bonds is 7. The largest absolute Gasteiger partial charge is 0.469 e. The zero-order valence-corrected chi connectivity index (χ0v) is 11.5. The minimum Gasteiger partial charge on any atom is -0.469 e. The minimum absolute atomic E-state index is 0.411. The summed E-state index contributed by atoms with van der Waals surface area (Å²) in [6, 6.07) is 7.83. The Morgan fingerprint density at radius 2 is 2.21 bits per heavy atom. The molecule has 1 N–H and O–H groups in total. The van der Waals surface area contributed by atoms with Gasteiger partial charge in [0.05, 0.1) is 6.26 Å². The summed E-state index contributed by atoms with van der Waals surface area (Å²) in [6.45, 7) is 6.38. The van der Waals surface area contributed by atoms with Crippen molar-refractivity contribution < 1.29 is 9.15 Å². The maximum atomic E-state index is 5.68. The van der Waals surface area contributed by atoms with Crippen molar-refractivity contribution in [1.82, 2.24) is 10.3 Å². The molecule has 0 spiro atoms. The highest BCUT2D eigenvalue weighted by Gasteiger charge is 2.04. The molecule has 0 unspecified atom stereocenters. The normalized spacial score (nSPS) is 10.6. The minimum atomic E-state index is 0.411. The molecule has 0 fully saturated rings. The van der Waals surface area contributed by atoms with E-state index in [-0.39, 0.29) is 0 Å². The Labute approximate surface area is 113 Å². The molecule has 0 aromatic carbocycles. The predicted octanol–water partition coefficient (Wildman–Crippen LogP) is 2.93. The molecule has 4 heteroatoms. The number of furan rings is 1. The second-order valence-electron chi connectivity index (χ2n) is 4.31. The van der Waals surface area contributed by atoms with Crippen LogP contribution >= 0.6 is 0 Å². The highest BCUT2D eigenvalue weighted by molar-refractivity contribution is 5.25. The molecule has 0 saturated carbocycles. The molecule has 2 aromatic heterocycles. The van der Waals surface area contributed by atoms with Crippen molar-refractivity contribution in [3.05, 3.63) is 47.5 Å². The van der Waals surface area contributed by atoms with Crippen LogP contribution in [0.25, 0.3) is 0 Å². The molecule has 0 aliphatic heterocycles. The standard InChI is InChI=1S/C15H20N2O2/c1-3-13-8-12(10-16-4-2)9-15(17-13)19-11-14-6-5-7-18-14/h5-9,16H,3-4,10-11H2,1-2H3. The Kier molecular flexibility index (Phi) is 4.98. The molecular weight excluding hydrogens is 240 g/mol. The van der Waals surface area contributed by atoms with E-state index in [0.29, 0.717) is 12.5 Å². The summed E-state index contributed by atoms with van der Waals surface area (Å²) < 4.78 is 10.9. The number of aryl methyl sites for hydroxylation is 1. The number of hydrogen-bond donors (Lipinski definition) is 1. The molecule has 0 aliphatic rings. The molecular formula is C15H20N2O2. The van der Waals surface area contributed by atoms with Gasteiger partial charge in [-0.1, -0.05) is 13.8 Å². The molecule has 19 heavy (non-hydrogen) atoms. The van der Waals surface area contributed by atoms with Crippen molar-refractivity contribution in [2.24, 2.45) is 0 Å². The van der Waals surface area contributed by atoms with Crippen LogP contribution in [-0.4, -0.2) is 11.5 Å². The molecule has 2 aromatic rings. The maximum absolute atomic E-state index is 5.68. The third kappa shape index (κ3) is 4.10. The van der Waals surface area contributed by atoms with Crippen molar-refractivity contribution in [1.29, 1.82) is 0 Å². The van der Waals surface area contributed by atoms with E-state index in [4.69, 9.17) is 9.15 Å². The fourth-order valence-corrected chi connectivity index (χ4v) is 1.79. The topological polar surface area (TPSA) is 47.3 Å². The third-order valence-electron chi connectivity index (χ3n) is 2.80. The van der Waals surface area contributed by atoms with Crippen LogP contribution in [0.3, 0.4) is 0 Å². The van der Waals surface area contributed by atoms with E-state index >= 15 is 0 Å². The highest BCUT2D eigenvalue weighted by atomic mass is 16.5. The van der Waals surface area contributed by atoms with Gasteiger partial charge in [0.2, 0.25) is 5.88 Å². The average Bonchev–Trinajstić information content (AvgIpc) is 2.96. The first kappa shape index (κ1) is 13.6. The van der Waals surface area contributed by atoms with Crippen LogP contribution in [0, 0.1) is 0 Å². The van der Waals surface area contributed by atoms with Gasteiger partial charge in [0.25, 0.3) is 0 Å². The van der Waals surface area contributed by atoms with Gasteiger partial charge in [0.1, 0.15) is 12.4 Å². The summed E-state index contributed by atoms with van der Waals surface area (Å²) in [7, 11) is 0. The quantitative estimate of drug-likeness (QED) is 0.831. The Bertz CT molecular complexity index is 495. The number of ether oxygens (including phenoxy) is 1. The van der Waals surface area contributed by atoms with Gasteiger partial charge in [0.15, 0.2) is 0 Å². The van der Waals surface area contributed by atoms with Crippen LogP contribution in [0.1, 0.15) is 30.9 Å². The number of nitrogens with one attached hydrogen (secondary N) is 1. The first-order valence-corrected chi connectivity index (χ1v) is 6.67. The van der Waals surface area contributed by atoms with Gasteiger partial charge in [-0.05, 0) is 36.7 Å². The molecule has 2 heterocycles. The predicted molar refractivity (Wildman–Crippen MR) is 74.0 cm³/mol. The fourth-order valence-electron chi connectivity index (χ4n) is 1.79. The molecule has 0 bridgehead atoms. The first-order valence-electron chi connectivity index (χ1n) is 6.67. The van der Waals surface area contributed by atoms with Gasteiger partial charge in [-0.2, -0.15) is 0 Å². The molecule has 2 rings (SSSR count). The Morgan fingerprint density at radius 3 is 2.89 bits per heavy atom. The van der Waals surface area contributed by atoms with Crippen molar-refractivity contribution in [3.63, 3.8) is 0 Å². The van der Waals surface area contributed by atoms with Crippen molar-refractivity contribution in [2.75, 3.05) is 6.54 Å². The van der Waals surface area contributed by atoms with Crippen molar-refractivity contribution in [3.8, 4) is 5.88 Å². The molecule has 4 nitrogen and oxygen atoms in total. The molecule has 0 radical (unpaired) electrons. The monoisotopic (exact) mass is 260 g/mol. The van der Waals surface area contributed by atoms with Gasteiger partial charge in [-0.3, -0.25) is 0 Å². The van der Waals surface area contributed by atoms with Gasteiger partial charge >= 0.3 is 0 Å². The average molecular weight is 260 g/mol. The van der Waals surface area contributed by atoms with Gasteiger partial charge in [0, 0.05) is 18.3 Å². The summed E-state index contributed by atoms with van der Waals surface area (Å²) in [6.07, 6.45) is 2.54. The zero-order valence-electron chi connectivity index (χ0n) is 11.5. The van der Waals surface area contributed by atoms with Crippen molar-refractivity contribution in [2.45, 2.75) is 33.4 Å². The molecule has 0 atom stereocenters. The van der Waals surface area contributed by atoms with Crippen LogP contribution in [0.2, 0.25) is 0 Å². The summed E-state index contributed by atoms with van der Waals surface area (Å²) >= 11 is 0. The summed E-state index contributed by atoms with van der Waals surface area (Å²) in [5.41, 5.74) is 2.24. The number of hydrogen-bond acceptors (Lipinski definition) is 4. The lowest BCUT2D eigenvalue weighted by Gasteiger charge is -2.09. The van der Waals surface area contributed by atoms with Crippen LogP contribution in [-0.2, 0) is 19.6 Å². The lowest BCUT2D eigenvalue weighted by molar-refractivity contribution is 0.259. The zero-order chi connectivity index (χ0) is 13.5. The van der Waals surface area contributed by atoms with Crippen LogP contribution in [0.5, 0.6) is 5.88 Å². The molecule has 0 amide bonds. The first-order chi connectivity index (χ1) is 9.31. The van der Waals surface area contributed by atoms with E-state index in [2.05, 4.69) is 30.2 Å². The number of nitrogens with zero attached hydrogens (tertiary/aromatic N) is 1. The van der Waals surface area contributed by atoms with Crippen LogP contribution in [0.15, 0.2) is 34.9 Å². The molecule has 102 valence electrons. The summed E-state index contributed by atoms with van der Waals surface area (Å²) in [5.74, 6) is 1.46. The maximum Gasteiger partial charge on any atom is 0.214 e. The smallest absolute Gasteiger partial charge is 0.214 e. The highest BCUT2D eigenvalue weighted by Crippen LogP contribution is 2.15. The van der Waals surface area contributed by atoms with Crippen LogP contribution in [0.4, 0.5) is 0 Å². The van der Waals surface area contributed by atoms with Gasteiger partial charge in [-0.25, -0.2) is 4.98 Å².